The highest BCUT2D eigenvalue weighted by molar-refractivity contribution is 8.15. The van der Waals surface area contributed by atoms with E-state index in [-0.39, 0.29) is 18.2 Å². The number of ether oxygens (including phenoxy) is 3. The number of benzene rings is 3. The molecule has 8 nitrogen and oxygen atoms in total. The van der Waals surface area contributed by atoms with E-state index in [1.807, 2.05) is 55.5 Å². The minimum absolute atomic E-state index is 0.0615. The van der Waals surface area contributed by atoms with E-state index in [1.54, 1.807) is 43.4 Å². The van der Waals surface area contributed by atoms with Gasteiger partial charge in [-0.25, -0.2) is 4.99 Å². The van der Waals surface area contributed by atoms with E-state index < -0.39 is 5.25 Å². The Morgan fingerprint density at radius 3 is 2.16 bits per heavy atom. The van der Waals surface area contributed by atoms with Crippen LogP contribution in [0.4, 0.5) is 11.4 Å². The van der Waals surface area contributed by atoms with Crippen molar-refractivity contribution >= 4 is 40.1 Å². The summed E-state index contributed by atoms with van der Waals surface area (Å²) in [5.74, 6) is 1.77. The van der Waals surface area contributed by atoms with Gasteiger partial charge < -0.3 is 19.5 Å². The number of nitrogens with one attached hydrogen (secondary N) is 1. The van der Waals surface area contributed by atoms with Gasteiger partial charge in [-0.15, -0.1) is 0 Å². The summed E-state index contributed by atoms with van der Waals surface area (Å²) in [7, 11) is 3.21. The highest BCUT2D eigenvalue weighted by Crippen LogP contribution is 2.32. The largest absolute Gasteiger partial charge is 0.497 e. The van der Waals surface area contributed by atoms with Crippen molar-refractivity contribution < 1.29 is 23.8 Å². The molecule has 0 spiro atoms. The van der Waals surface area contributed by atoms with Crippen molar-refractivity contribution in [2.75, 3.05) is 26.1 Å². The van der Waals surface area contributed by atoms with E-state index in [0.29, 0.717) is 35.4 Å². The van der Waals surface area contributed by atoms with Crippen LogP contribution in [0.1, 0.15) is 25.3 Å². The second kappa shape index (κ2) is 13.0. The van der Waals surface area contributed by atoms with Gasteiger partial charge in [0.15, 0.2) is 5.17 Å². The third-order valence-corrected chi connectivity index (χ3v) is 7.01. The van der Waals surface area contributed by atoms with Gasteiger partial charge in [0.25, 0.3) is 0 Å². The molecule has 1 fully saturated rings. The lowest BCUT2D eigenvalue weighted by Gasteiger charge is -2.32. The highest BCUT2D eigenvalue weighted by atomic mass is 32.2. The van der Waals surface area contributed by atoms with Crippen molar-refractivity contribution in [3.05, 3.63) is 78.4 Å². The smallest absolute Gasteiger partial charge is 0.238 e. The molecule has 3 aromatic rings. The maximum atomic E-state index is 13.3. The van der Waals surface area contributed by atoms with Crippen LogP contribution in [0.5, 0.6) is 17.2 Å². The first-order valence-corrected chi connectivity index (χ1v) is 13.2. The Hall–Kier alpha value is -3.98. The predicted molar refractivity (Wildman–Crippen MR) is 150 cm³/mol. The van der Waals surface area contributed by atoms with Crippen LogP contribution >= 0.6 is 11.8 Å². The number of amidine groups is 1. The van der Waals surface area contributed by atoms with Gasteiger partial charge in [-0.1, -0.05) is 30.8 Å². The Kier molecular flexibility index (Phi) is 9.26. The van der Waals surface area contributed by atoms with E-state index >= 15 is 0 Å². The monoisotopic (exact) mass is 533 g/mol. The van der Waals surface area contributed by atoms with Crippen molar-refractivity contribution in [1.82, 2.24) is 4.90 Å². The van der Waals surface area contributed by atoms with Crippen LogP contribution < -0.4 is 19.5 Å². The number of carbonyl (C=O) groups is 2. The molecule has 1 heterocycles. The van der Waals surface area contributed by atoms with Gasteiger partial charge in [0.05, 0.1) is 33.1 Å². The molecule has 0 aromatic heterocycles. The van der Waals surface area contributed by atoms with E-state index in [4.69, 9.17) is 19.2 Å². The molecule has 2 amide bonds. The molecule has 1 N–H and O–H groups in total. The zero-order chi connectivity index (χ0) is 26.9. The maximum absolute atomic E-state index is 13.3. The van der Waals surface area contributed by atoms with E-state index in [1.165, 1.54) is 11.8 Å². The van der Waals surface area contributed by atoms with Crippen LogP contribution in [0.2, 0.25) is 0 Å². The van der Waals surface area contributed by atoms with E-state index in [9.17, 15) is 9.59 Å². The first-order valence-electron chi connectivity index (χ1n) is 12.4. The number of carbonyl (C=O) groups excluding carboxylic acids is 2. The molecular formula is C29H31N3O5S. The normalized spacial score (nSPS) is 16.3. The minimum Gasteiger partial charge on any atom is -0.497 e. The average molecular weight is 534 g/mol. The molecule has 1 unspecified atom stereocenters. The van der Waals surface area contributed by atoms with Crippen LogP contribution in [0.15, 0.2) is 77.8 Å². The summed E-state index contributed by atoms with van der Waals surface area (Å²) in [4.78, 5) is 32.9. The lowest BCUT2D eigenvalue weighted by molar-refractivity contribution is -0.129. The molecule has 1 atom stereocenters. The number of hydrogen-bond donors (Lipinski definition) is 1. The Morgan fingerprint density at radius 2 is 1.55 bits per heavy atom. The topological polar surface area (TPSA) is 89.5 Å². The van der Waals surface area contributed by atoms with E-state index in [0.717, 1.165) is 23.5 Å². The molecule has 1 saturated heterocycles. The molecule has 1 aliphatic rings. The first kappa shape index (κ1) is 27.1. The molecular weight excluding hydrogens is 502 g/mol. The molecule has 0 bridgehead atoms. The van der Waals surface area contributed by atoms with E-state index in [2.05, 4.69) is 5.32 Å². The van der Waals surface area contributed by atoms with Crippen molar-refractivity contribution in [1.29, 1.82) is 0 Å². The zero-order valence-corrected chi connectivity index (χ0v) is 22.5. The Bertz CT molecular complexity index is 1260. The average Bonchev–Trinajstić information content (AvgIpc) is 2.95. The molecule has 198 valence electrons. The first-order chi connectivity index (χ1) is 18.5. The zero-order valence-electron chi connectivity index (χ0n) is 21.7. The van der Waals surface area contributed by atoms with Gasteiger partial charge >= 0.3 is 0 Å². The molecule has 0 radical (unpaired) electrons. The number of anilines is 1. The number of amides is 2. The van der Waals surface area contributed by atoms with Crippen molar-refractivity contribution in [3.63, 3.8) is 0 Å². The lowest BCUT2D eigenvalue weighted by Crippen LogP contribution is -2.44. The molecule has 0 aliphatic carbocycles. The highest BCUT2D eigenvalue weighted by Gasteiger charge is 2.36. The van der Waals surface area contributed by atoms with Crippen LogP contribution in [-0.4, -0.2) is 48.0 Å². The second-order valence-electron chi connectivity index (χ2n) is 8.59. The summed E-state index contributed by atoms with van der Waals surface area (Å²) >= 11 is 1.28. The third-order valence-electron chi connectivity index (χ3n) is 5.82. The fraction of sp³-hybridized carbons (Fsp3) is 0.276. The quantitative estimate of drug-likeness (QED) is 0.362. The summed E-state index contributed by atoms with van der Waals surface area (Å²) in [6.07, 6.45) is 0.979. The summed E-state index contributed by atoms with van der Waals surface area (Å²) < 4.78 is 16.1. The number of hydrogen-bond acceptors (Lipinski definition) is 7. The lowest BCUT2D eigenvalue weighted by atomic mass is 10.2. The SMILES string of the molecule is CCCOc1ccc(NC(=O)C2CC(=O)N(Cc3ccc(OC)cc3)C(=Nc3ccc(OC)cc3)S2)cc1. The third kappa shape index (κ3) is 7.07. The number of methoxy groups -OCH3 is 2. The summed E-state index contributed by atoms with van der Waals surface area (Å²) in [5.41, 5.74) is 2.22. The summed E-state index contributed by atoms with van der Waals surface area (Å²) in [6, 6.07) is 22.0. The molecule has 1 aliphatic heterocycles. The number of aliphatic imine (C=N–C) groups is 1. The van der Waals surface area contributed by atoms with Gasteiger partial charge in [0, 0.05) is 12.1 Å². The van der Waals surface area contributed by atoms with Crippen LogP contribution in [0, 0.1) is 0 Å². The Balaban J connectivity index is 1.53. The fourth-order valence-corrected chi connectivity index (χ4v) is 4.85. The van der Waals surface area contributed by atoms with Crippen LogP contribution in [-0.2, 0) is 16.1 Å². The van der Waals surface area contributed by atoms with Gasteiger partial charge in [0.1, 0.15) is 22.5 Å². The molecule has 38 heavy (non-hydrogen) atoms. The molecule has 9 heteroatoms. The standard InChI is InChI=1S/C29H31N3O5S/c1-4-17-37-25-15-9-21(10-16-25)30-28(34)26-18-27(33)32(19-20-5-11-23(35-2)12-6-20)29(38-26)31-22-7-13-24(36-3)14-8-22/h5-16,26H,4,17-19H2,1-3H3,(H,30,34). The molecule has 0 saturated carbocycles. The van der Waals surface area contributed by atoms with Crippen molar-refractivity contribution in [2.45, 2.75) is 31.6 Å². The molecule has 4 rings (SSSR count). The summed E-state index contributed by atoms with van der Waals surface area (Å²) in [5, 5.41) is 2.76. The predicted octanol–water partition coefficient (Wildman–Crippen LogP) is 5.65. The summed E-state index contributed by atoms with van der Waals surface area (Å²) in [6.45, 7) is 3.01. The van der Waals surface area contributed by atoms with Gasteiger partial charge in [-0.05, 0) is 72.6 Å². The maximum Gasteiger partial charge on any atom is 0.238 e. The van der Waals surface area contributed by atoms with Gasteiger partial charge in [0.2, 0.25) is 11.8 Å². The van der Waals surface area contributed by atoms with Crippen LogP contribution in [0.3, 0.4) is 0 Å². The minimum atomic E-state index is -0.623. The Morgan fingerprint density at radius 1 is 0.947 bits per heavy atom. The van der Waals surface area contributed by atoms with Gasteiger partial charge in [-0.2, -0.15) is 0 Å². The number of thioether (sulfide) groups is 1. The second-order valence-corrected chi connectivity index (χ2v) is 9.76. The number of rotatable bonds is 10. The fourth-order valence-electron chi connectivity index (χ4n) is 3.75. The molecule has 3 aromatic carbocycles. The van der Waals surface area contributed by atoms with Crippen LogP contribution in [0.25, 0.3) is 0 Å². The van der Waals surface area contributed by atoms with Crippen molar-refractivity contribution in [3.8, 4) is 17.2 Å². The Labute approximate surface area is 227 Å². The van der Waals surface area contributed by atoms with Crippen molar-refractivity contribution in [2.24, 2.45) is 4.99 Å². The number of nitrogens with zero attached hydrogens (tertiary/aromatic N) is 2. The van der Waals surface area contributed by atoms with Gasteiger partial charge in [-0.3, -0.25) is 14.5 Å².